The Morgan fingerprint density at radius 2 is 1.92 bits per heavy atom. The van der Waals surface area contributed by atoms with Crippen molar-refractivity contribution < 1.29 is 17.9 Å². The molecule has 1 N–H and O–H groups in total. The summed E-state index contributed by atoms with van der Waals surface area (Å²) in [4.78, 5) is 13.6. The molecule has 6 nitrogen and oxygen atoms in total. The molecule has 2 aromatic carbocycles. The molecule has 1 saturated heterocycles. The van der Waals surface area contributed by atoms with Crippen LogP contribution >= 0.6 is 0 Å². The van der Waals surface area contributed by atoms with Crippen molar-refractivity contribution >= 4 is 21.6 Å². The van der Waals surface area contributed by atoms with E-state index in [1.165, 1.54) is 12.1 Å². The van der Waals surface area contributed by atoms with E-state index in [-0.39, 0.29) is 10.8 Å². The van der Waals surface area contributed by atoms with Crippen molar-refractivity contribution in [2.24, 2.45) is 0 Å². The van der Waals surface area contributed by atoms with E-state index in [4.69, 9.17) is 4.74 Å². The number of rotatable bonds is 7. The Bertz CT molecular complexity index is 879. The van der Waals surface area contributed by atoms with Gasteiger partial charge in [-0.05, 0) is 54.8 Å². The zero-order valence-corrected chi connectivity index (χ0v) is 15.5. The number of hydrogen-bond donors (Lipinski definition) is 1. The van der Waals surface area contributed by atoms with Crippen LogP contribution < -0.4 is 14.4 Å². The maximum Gasteiger partial charge on any atom is 0.240 e. The van der Waals surface area contributed by atoms with Gasteiger partial charge in [0.2, 0.25) is 15.9 Å². The average Bonchev–Trinajstić information content (AvgIpc) is 3.08. The van der Waals surface area contributed by atoms with Crippen LogP contribution in [0.4, 0.5) is 5.69 Å². The maximum absolute atomic E-state index is 12.4. The predicted molar refractivity (Wildman–Crippen MR) is 99.9 cm³/mol. The fourth-order valence-electron chi connectivity index (χ4n) is 2.97. The molecule has 1 aliphatic rings. The van der Waals surface area contributed by atoms with E-state index in [0.717, 1.165) is 23.4 Å². The highest BCUT2D eigenvalue weighted by molar-refractivity contribution is 7.89. The van der Waals surface area contributed by atoms with Crippen molar-refractivity contribution in [3.8, 4) is 5.75 Å². The van der Waals surface area contributed by atoms with Crippen molar-refractivity contribution in [2.45, 2.75) is 24.2 Å². The summed E-state index contributed by atoms with van der Waals surface area (Å²) in [6.07, 6.45) is 1.95. The number of ether oxygens (including phenoxy) is 1. The van der Waals surface area contributed by atoms with Crippen LogP contribution in [-0.4, -0.2) is 34.5 Å². The smallest absolute Gasteiger partial charge is 0.240 e. The third-order valence-electron chi connectivity index (χ3n) is 4.37. The summed E-state index contributed by atoms with van der Waals surface area (Å²) in [6, 6.07) is 14.0. The van der Waals surface area contributed by atoms with Crippen molar-refractivity contribution in [2.75, 3.05) is 25.1 Å². The largest absolute Gasteiger partial charge is 0.497 e. The van der Waals surface area contributed by atoms with Gasteiger partial charge in [0.05, 0.1) is 12.0 Å². The van der Waals surface area contributed by atoms with Crippen LogP contribution in [0.3, 0.4) is 0 Å². The molecule has 138 valence electrons. The molecule has 2 aromatic rings. The van der Waals surface area contributed by atoms with Gasteiger partial charge in [-0.25, -0.2) is 13.1 Å². The maximum atomic E-state index is 12.4. The number of nitrogens with zero attached hydrogens (tertiary/aromatic N) is 1. The topological polar surface area (TPSA) is 75.7 Å². The van der Waals surface area contributed by atoms with E-state index in [1.54, 1.807) is 24.1 Å². The minimum atomic E-state index is -3.58. The van der Waals surface area contributed by atoms with Gasteiger partial charge < -0.3 is 9.64 Å². The van der Waals surface area contributed by atoms with E-state index in [1.807, 2.05) is 24.3 Å². The Morgan fingerprint density at radius 3 is 2.58 bits per heavy atom. The third-order valence-corrected chi connectivity index (χ3v) is 5.85. The average molecular weight is 374 g/mol. The first-order chi connectivity index (χ1) is 12.5. The molecule has 1 aliphatic heterocycles. The van der Waals surface area contributed by atoms with Crippen molar-refractivity contribution in [1.29, 1.82) is 0 Å². The van der Waals surface area contributed by atoms with Crippen LogP contribution in [0.25, 0.3) is 0 Å². The second kappa shape index (κ2) is 7.88. The summed E-state index contributed by atoms with van der Waals surface area (Å²) in [5.41, 5.74) is 1.73. The third kappa shape index (κ3) is 4.23. The molecule has 0 spiro atoms. The SMILES string of the molecule is COc1cccc(CCNS(=O)(=O)c2ccc(N3CCCC3=O)cc2)c1. The minimum Gasteiger partial charge on any atom is -0.497 e. The van der Waals surface area contributed by atoms with Crippen molar-refractivity contribution in [1.82, 2.24) is 4.72 Å². The van der Waals surface area contributed by atoms with Crippen LogP contribution in [-0.2, 0) is 21.2 Å². The summed E-state index contributed by atoms with van der Waals surface area (Å²) in [5.74, 6) is 0.828. The van der Waals surface area contributed by atoms with Crippen LogP contribution in [0.15, 0.2) is 53.4 Å². The van der Waals surface area contributed by atoms with Crippen LogP contribution in [0.2, 0.25) is 0 Å². The van der Waals surface area contributed by atoms with Gasteiger partial charge in [-0.1, -0.05) is 12.1 Å². The zero-order chi connectivity index (χ0) is 18.6. The Balaban J connectivity index is 1.61. The van der Waals surface area contributed by atoms with Gasteiger partial charge in [0.1, 0.15) is 5.75 Å². The highest BCUT2D eigenvalue weighted by atomic mass is 32.2. The second-order valence-electron chi connectivity index (χ2n) is 6.14. The first-order valence-corrected chi connectivity index (χ1v) is 10.0. The summed E-state index contributed by atoms with van der Waals surface area (Å²) in [5, 5.41) is 0. The quantitative estimate of drug-likeness (QED) is 0.807. The van der Waals surface area contributed by atoms with E-state index < -0.39 is 10.0 Å². The molecule has 1 heterocycles. The molecule has 0 atom stereocenters. The second-order valence-corrected chi connectivity index (χ2v) is 7.91. The van der Waals surface area contributed by atoms with E-state index in [2.05, 4.69) is 4.72 Å². The fraction of sp³-hybridized carbons (Fsp3) is 0.316. The van der Waals surface area contributed by atoms with Gasteiger partial charge in [-0.15, -0.1) is 0 Å². The molecule has 1 fully saturated rings. The van der Waals surface area contributed by atoms with Crippen molar-refractivity contribution in [3.63, 3.8) is 0 Å². The Kier molecular flexibility index (Phi) is 5.58. The summed E-state index contributed by atoms with van der Waals surface area (Å²) in [7, 11) is -1.99. The Morgan fingerprint density at radius 1 is 1.15 bits per heavy atom. The van der Waals surface area contributed by atoms with Crippen LogP contribution in [0, 0.1) is 0 Å². The number of amides is 1. The molecule has 1 amide bonds. The lowest BCUT2D eigenvalue weighted by atomic mass is 10.1. The number of carbonyl (C=O) groups excluding carboxylic acids is 1. The molecule has 0 unspecified atom stereocenters. The van der Waals surface area contributed by atoms with Gasteiger partial charge in [-0.2, -0.15) is 0 Å². The molecule has 0 aliphatic carbocycles. The fourth-order valence-corrected chi connectivity index (χ4v) is 4.00. The lowest BCUT2D eigenvalue weighted by Crippen LogP contribution is -2.26. The Labute approximate surface area is 153 Å². The lowest BCUT2D eigenvalue weighted by molar-refractivity contribution is -0.117. The molecular formula is C19H22N2O4S. The number of anilines is 1. The standard InChI is InChI=1S/C19H22N2O4S/c1-25-17-5-2-4-15(14-17)11-12-20-26(23,24)18-9-7-16(8-10-18)21-13-3-6-19(21)22/h2,4-5,7-10,14,20H,3,6,11-13H2,1H3. The minimum absolute atomic E-state index is 0.0806. The number of hydrogen-bond acceptors (Lipinski definition) is 4. The zero-order valence-electron chi connectivity index (χ0n) is 14.6. The number of methoxy groups -OCH3 is 1. The molecule has 0 saturated carbocycles. The van der Waals surface area contributed by atoms with Crippen LogP contribution in [0.1, 0.15) is 18.4 Å². The van der Waals surface area contributed by atoms with Gasteiger partial charge in [0.25, 0.3) is 0 Å². The Hall–Kier alpha value is -2.38. The first-order valence-electron chi connectivity index (χ1n) is 8.52. The van der Waals surface area contributed by atoms with Gasteiger partial charge >= 0.3 is 0 Å². The summed E-state index contributed by atoms with van der Waals surface area (Å²) >= 11 is 0. The first kappa shape index (κ1) is 18.4. The van der Waals surface area contributed by atoms with Gasteiger partial charge in [-0.3, -0.25) is 4.79 Å². The van der Waals surface area contributed by atoms with E-state index in [0.29, 0.717) is 25.9 Å². The highest BCUT2D eigenvalue weighted by Gasteiger charge is 2.22. The number of sulfonamides is 1. The molecule has 0 bridgehead atoms. The predicted octanol–water partition coefficient (Wildman–Crippen LogP) is 2.34. The molecule has 0 aromatic heterocycles. The summed E-state index contributed by atoms with van der Waals surface area (Å²) < 4.78 is 32.6. The van der Waals surface area contributed by atoms with Gasteiger partial charge in [0.15, 0.2) is 0 Å². The molecule has 3 rings (SSSR count). The molecule has 0 radical (unpaired) electrons. The molecule has 26 heavy (non-hydrogen) atoms. The van der Waals surface area contributed by atoms with E-state index in [9.17, 15) is 13.2 Å². The molecular weight excluding hydrogens is 352 g/mol. The number of nitrogens with one attached hydrogen (secondary N) is 1. The highest BCUT2D eigenvalue weighted by Crippen LogP contribution is 2.23. The van der Waals surface area contributed by atoms with Crippen LogP contribution in [0.5, 0.6) is 5.75 Å². The number of benzene rings is 2. The van der Waals surface area contributed by atoms with Crippen molar-refractivity contribution in [3.05, 3.63) is 54.1 Å². The number of carbonyl (C=O) groups is 1. The normalized spacial score (nSPS) is 14.7. The molecule has 7 heteroatoms. The van der Waals surface area contributed by atoms with E-state index >= 15 is 0 Å². The monoisotopic (exact) mass is 374 g/mol. The van der Waals surface area contributed by atoms with Gasteiger partial charge in [0, 0.05) is 25.2 Å². The lowest BCUT2D eigenvalue weighted by Gasteiger charge is -2.16. The summed E-state index contributed by atoms with van der Waals surface area (Å²) in [6.45, 7) is 0.978.